The molecule has 11 N–H and O–H groups in total. The molecule has 0 unspecified atom stereocenters. The lowest BCUT2D eigenvalue weighted by molar-refractivity contribution is -0.132. The molecule has 0 radical (unpaired) electrons. The van der Waals surface area contributed by atoms with Crippen molar-refractivity contribution in [1.82, 2.24) is 30.5 Å². The number of nitrogens with zero attached hydrogens (tertiary/aromatic N) is 2. The first-order valence-corrected chi connectivity index (χ1v) is 20.8. The molecule has 5 aromatic rings. The third-order valence-corrected chi connectivity index (χ3v) is 11.0. The number of phenols is 1. The van der Waals surface area contributed by atoms with Gasteiger partial charge in [0, 0.05) is 66.6 Å². The van der Waals surface area contributed by atoms with Crippen LogP contribution in [0.2, 0.25) is 0 Å². The Balaban J connectivity index is 1.34. The maximum absolute atomic E-state index is 14.2. The number of para-hydroxylation sites is 1. The second-order valence-electron chi connectivity index (χ2n) is 15.8. The summed E-state index contributed by atoms with van der Waals surface area (Å²) in [5, 5.41) is 16.4. The van der Waals surface area contributed by atoms with E-state index in [0.717, 1.165) is 22.0 Å². The lowest BCUT2D eigenvalue weighted by Gasteiger charge is -2.28. The molecule has 0 aliphatic carbocycles. The Bertz CT molecular complexity index is 2260. The first-order valence-electron chi connectivity index (χ1n) is 20.8. The molecule has 0 bridgehead atoms. The van der Waals surface area contributed by atoms with Gasteiger partial charge in [-0.15, -0.1) is 0 Å². The first kappa shape index (κ1) is 46.4. The third-order valence-electron chi connectivity index (χ3n) is 11.0. The number of primary amides is 1. The average molecular weight is 848 g/mol. The Morgan fingerprint density at radius 1 is 0.790 bits per heavy atom. The summed E-state index contributed by atoms with van der Waals surface area (Å²) < 4.78 is 0. The van der Waals surface area contributed by atoms with Crippen LogP contribution in [0.4, 0.5) is 4.79 Å². The van der Waals surface area contributed by atoms with E-state index in [9.17, 15) is 33.9 Å². The van der Waals surface area contributed by atoms with Gasteiger partial charge in [0.05, 0.1) is 31.0 Å². The van der Waals surface area contributed by atoms with Gasteiger partial charge in [0.15, 0.2) is 17.3 Å². The molecule has 3 aromatic carbocycles. The Morgan fingerprint density at radius 3 is 2.19 bits per heavy atom. The van der Waals surface area contributed by atoms with Gasteiger partial charge in [-0.25, -0.2) is 9.78 Å². The molecular formula is C46H57N9O7. The van der Waals surface area contributed by atoms with Gasteiger partial charge in [-0.1, -0.05) is 67.1 Å². The van der Waals surface area contributed by atoms with Crippen molar-refractivity contribution in [2.75, 3.05) is 13.1 Å². The van der Waals surface area contributed by atoms with Crippen LogP contribution in [0.3, 0.4) is 0 Å². The van der Waals surface area contributed by atoms with Crippen LogP contribution in [0, 0.1) is 11.8 Å². The minimum absolute atomic E-state index is 0.00379. The number of aromatic nitrogens is 3. The number of aromatic amines is 2. The second-order valence-corrected chi connectivity index (χ2v) is 15.8. The molecule has 0 fully saturated rings. The number of ketones is 3. The number of benzene rings is 3. The zero-order chi connectivity index (χ0) is 44.6. The van der Waals surface area contributed by atoms with Crippen LogP contribution >= 0.6 is 0 Å². The van der Waals surface area contributed by atoms with Crippen LogP contribution in [0.25, 0.3) is 10.9 Å². The lowest BCUT2D eigenvalue weighted by atomic mass is 9.90. The van der Waals surface area contributed by atoms with E-state index >= 15 is 0 Å². The van der Waals surface area contributed by atoms with E-state index in [2.05, 4.69) is 25.6 Å². The lowest BCUT2D eigenvalue weighted by Crippen LogP contribution is -2.52. The molecule has 0 saturated heterocycles. The van der Waals surface area contributed by atoms with Crippen molar-refractivity contribution in [2.45, 2.75) is 83.0 Å². The first-order chi connectivity index (χ1) is 29.8. The molecule has 5 atom stereocenters. The number of fused-ring (bicyclic) bond motifs is 1. The zero-order valence-corrected chi connectivity index (χ0v) is 34.9. The summed E-state index contributed by atoms with van der Waals surface area (Å²) in [5.41, 5.74) is 21.3. The van der Waals surface area contributed by atoms with E-state index in [1.54, 1.807) is 36.7 Å². The summed E-state index contributed by atoms with van der Waals surface area (Å²) in [4.78, 5) is 93.4. The molecule has 62 heavy (non-hydrogen) atoms. The van der Waals surface area contributed by atoms with Crippen molar-refractivity contribution in [3.8, 4) is 5.75 Å². The number of H-pyrrole nitrogens is 2. The largest absolute Gasteiger partial charge is 0.508 e. The summed E-state index contributed by atoms with van der Waals surface area (Å²) in [6.45, 7) is 1.35. The molecule has 5 rings (SSSR count). The summed E-state index contributed by atoms with van der Waals surface area (Å²) in [6, 6.07) is 18.9. The van der Waals surface area contributed by atoms with Gasteiger partial charge in [0.1, 0.15) is 5.75 Å². The number of Topliss-reactive ketones (excluding diaryl/α,β-unsaturated/α-hetero) is 3. The van der Waals surface area contributed by atoms with Gasteiger partial charge in [-0.3, -0.25) is 24.0 Å². The van der Waals surface area contributed by atoms with Crippen LogP contribution < -0.4 is 27.8 Å². The molecule has 0 aliphatic rings. The number of nitrogens with two attached hydrogens (primary N) is 3. The fraction of sp³-hybridized carbons (Fsp3) is 0.370. The highest BCUT2D eigenvalue weighted by Gasteiger charge is 2.32. The number of urea groups is 1. The van der Waals surface area contributed by atoms with Gasteiger partial charge in [0.2, 0.25) is 11.8 Å². The van der Waals surface area contributed by atoms with E-state index in [1.165, 1.54) is 30.3 Å². The predicted octanol–water partition coefficient (Wildman–Crippen LogP) is 3.37. The van der Waals surface area contributed by atoms with Gasteiger partial charge in [-0.05, 0) is 74.0 Å². The molecule has 328 valence electrons. The maximum Gasteiger partial charge on any atom is 0.318 e. The number of phenolic OH excluding ortho intramolecular Hbond substituents is 1. The van der Waals surface area contributed by atoms with Gasteiger partial charge < -0.3 is 47.8 Å². The van der Waals surface area contributed by atoms with Crippen LogP contribution in [-0.2, 0) is 49.8 Å². The summed E-state index contributed by atoms with van der Waals surface area (Å²) in [5.74, 6) is -4.10. The number of hydrogen-bond acceptors (Lipinski definition) is 10. The minimum atomic E-state index is -1.11. The molecule has 0 aliphatic heterocycles. The maximum atomic E-state index is 14.2. The predicted molar refractivity (Wildman–Crippen MR) is 234 cm³/mol. The number of amides is 4. The van der Waals surface area contributed by atoms with E-state index < -0.39 is 65.9 Å². The normalized spacial score (nSPS) is 13.7. The summed E-state index contributed by atoms with van der Waals surface area (Å²) in [7, 11) is 0. The number of carbonyl (C=O) groups excluding carboxylic acids is 6. The topological polar surface area (TPSA) is 272 Å². The summed E-state index contributed by atoms with van der Waals surface area (Å²) >= 11 is 0. The monoisotopic (exact) mass is 847 g/mol. The number of carbonyl (C=O) groups is 6. The van der Waals surface area contributed by atoms with E-state index in [-0.39, 0.29) is 50.2 Å². The molecule has 2 aromatic heterocycles. The molecule has 16 heteroatoms. The van der Waals surface area contributed by atoms with Crippen molar-refractivity contribution in [2.24, 2.45) is 29.0 Å². The fourth-order valence-corrected chi connectivity index (χ4v) is 7.32. The van der Waals surface area contributed by atoms with Crippen molar-refractivity contribution in [3.63, 3.8) is 0 Å². The standard InChI is InChI=1S/C46H57N9O7/c1-29(53-45(61)33(20-34-24-51-39-13-6-5-12-37(34)39)22-41(57)38(48)23-35-25-50-28-52-35)43(59)27-55(26-31-14-16-36(56)17-15-31)46(62)54-40(19-30-9-3-2-4-10-30)42(58)21-32(44(49)60)11-7-8-18-47/h2-6,9-10,12-17,24-25,28-29,32-33,38,40,51,56H,7-8,11,18-23,26-27,47-48H2,1H3,(H2,49,60)(H,50,52)(H,53,61)(H,54,62)/t29-,32+,33-,38-,40+/m0/s1. The number of nitrogens with one attached hydrogen (secondary N) is 4. The number of hydrogen-bond donors (Lipinski definition) is 8. The molecule has 4 amide bonds. The number of aromatic hydroxyl groups is 1. The highest BCUT2D eigenvalue weighted by atomic mass is 16.3. The van der Waals surface area contributed by atoms with Crippen molar-refractivity contribution < 1.29 is 33.9 Å². The zero-order valence-electron chi connectivity index (χ0n) is 34.9. The molecule has 0 spiro atoms. The highest BCUT2D eigenvalue weighted by molar-refractivity contribution is 5.96. The van der Waals surface area contributed by atoms with Crippen LogP contribution in [0.15, 0.2) is 97.6 Å². The number of imidazole rings is 1. The van der Waals surface area contributed by atoms with Crippen LogP contribution in [0.1, 0.15) is 61.4 Å². The smallest absolute Gasteiger partial charge is 0.318 e. The minimum Gasteiger partial charge on any atom is -0.508 e. The second kappa shape index (κ2) is 22.8. The number of unbranched alkanes of at least 4 members (excludes halogenated alkanes) is 1. The summed E-state index contributed by atoms with van der Waals surface area (Å²) in [6.07, 6.45) is 6.57. The Morgan fingerprint density at radius 2 is 1.50 bits per heavy atom. The Kier molecular flexibility index (Phi) is 17.1. The molecule has 2 heterocycles. The SMILES string of the molecule is C[C@H](NC(=O)[C@H](CC(=O)[C@@H](N)Cc1cnc[nH]1)Cc1c[nH]c2ccccc12)C(=O)CN(Cc1ccc(O)cc1)C(=O)N[C@H](Cc1ccccc1)C(=O)C[C@@H](CCCCN)C(N)=O. The fourth-order valence-electron chi connectivity index (χ4n) is 7.32. The molecule has 16 nitrogen and oxygen atoms in total. The van der Waals surface area contributed by atoms with Gasteiger partial charge >= 0.3 is 6.03 Å². The Hall–Kier alpha value is -6.65. The third kappa shape index (κ3) is 13.7. The van der Waals surface area contributed by atoms with Crippen molar-refractivity contribution in [1.29, 1.82) is 0 Å². The van der Waals surface area contributed by atoms with E-state index in [0.29, 0.717) is 37.1 Å². The van der Waals surface area contributed by atoms with Crippen molar-refractivity contribution >= 4 is 46.1 Å². The van der Waals surface area contributed by atoms with Crippen LogP contribution in [-0.4, -0.2) is 91.4 Å². The van der Waals surface area contributed by atoms with Crippen molar-refractivity contribution in [3.05, 3.63) is 120 Å². The number of rotatable bonds is 25. The molecule has 0 saturated carbocycles. The highest BCUT2D eigenvalue weighted by Crippen LogP contribution is 2.24. The van der Waals surface area contributed by atoms with Gasteiger partial charge in [0.25, 0.3) is 0 Å². The van der Waals surface area contributed by atoms with Gasteiger partial charge in [-0.2, -0.15) is 0 Å². The van der Waals surface area contributed by atoms with E-state index in [1.807, 2.05) is 42.5 Å². The van der Waals surface area contributed by atoms with E-state index in [4.69, 9.17) is 17.2 Å². The Labute approximate surface area is 360 Å². The quantitative estimate of drug-likeness (QED) is 0.0397. The van der Waals surface area contributed by atoms with Crippen LogP contribution in [0.5, 0.6) is 5.75 Å². The molecular weight excluding hydrogens is 791 g/mol. The average Bonchev–Trinajstić information content (AvgIpc) is 3.93.